The van der Waals surface area contributed by atoms with Crippen LogP contribution in [0.4, 0.5) is 0 Å². The molecule has 2 aromatic rings. The Morgan fingerprint density at radius 2 is 1.70 bits per heavy atom. The highest BCUT2D eigenvalue weighted by atomic mass is 32.1. The lowest BCUT2D eigenvalue weighted by Crippen LogP contribution is -1.92. The summed E-state index contributed by atoms with van der Waals surface area (Å²) in [5, 5.41) is 3.37. The Kier molecular flexibility index (Phi) is 3.52. The van der Waals surface area contributed by atoms with Crippen molar-refractivity contribution in [2.75, 3.05) is 0 Å². The largest absolute Gasteiger partial charge is 0.289 e. The smallest absolute Gasteiger partial charge is 0.185 e. The molecule has 0 spiro atoms. The first-order valence-electron chi connectivity index (χ1n) is 7.49. The number of carbonyl (C=O) groups is 1. The molecule has 1 aromatic carbocycles. The predicted octanol–water partition coefficient (Wildman–Crippen LogP) is 5.90. The Morgan fingerprint density at radius 1 is 0.913 bits per heavy atom. The van der Waals surface area contributed by atoms with Gasteiger partial charge in [-0.3, -0.25) is 4.79 Å². The molecule has 1 nitrogen and oxygen atoms in total. The Balaban J connectivity index is 1.79. The van der Waals surface area contributed by atoms with Crippen molar-refractivity contribution in [3.8, 4) is 11.1 Å². The number of hydrogen-bond donors (Lipinski definition) is 0. The minimum atomic E-state index is 0.0263. The summed E-state index contributed by atoms with van der Waals surface area (Å²) in [6.45, 7) is 0. The third-order valence-electron chi connectivity index (χ3n) is 3.96. The van der Waals surface area contributed by atoms with Crippen molar-refractivity contribution in [2.45, 2.75) is 0 Å². The van der Waals surface area contributed by atoms with Crippen LogP contribution in [0.15, 0.2) is 78.2 Å². The monoisotopic (exact) mass is 314 g/mol. The van der Waals surface area contributed by atoms with Gasteiger partial charge in [0.15, 0.2) is 5.78 Å². The summed E-state index contributed by atoms with van der Waals surface area (Å²) >= 11 is 1.75. The number of fused-ring (bicyclic) bond motifs is 3. The zero-order chi connectivity index (χ0) is 15.6. The van der Waals surface area contributed by atoms with E-state index in [1.165, 1.54) is 21.2 Å². The molecular formula is C21H14OS. The van der Waals surface area contributed by atoms with Gasteiger partial charge in [0.1, 0.15) is 0 Å². The van der Waals surface area contributed by atoms with Crippen LogP contribution in [0.1, 0.15) is 15.9 Å². The summed E-state index contributed by atoms with van der Waals surface area (Å²) in [6.07, 6.45) is 3.59. The van der Waals surface area contributed by atoms with Crippen LogP contribution in [0.25, 0.3) is 27.3 Å². The van der Waals surface area contributed by atoms with Gasteiger partial charge in [-0.1, -0.05) is 60.7 Å². The van der Waals surface area contributed by atoms with Crippen molar-refractivity contribution in [2.24, 2.45) is 0 Å². The number of rotatable bonds is 3. The van der Waals surface area contributed by atoms with Crippen LogP contribution >= 0.6 is 11.3 Å². The van der Waals surface area contributed by atoms with E-state index >= 15 is 0 Å². The van der Waals surface area contributed by atoms with E-state index in [1.807, 2.05) is 48.5 Å². The second kappa shape index (κ2) is 5.82. The fourth-order valence-corrected chi connectivity index (χ4v) is 3.71. The first kappa shape index (κ1) is 13.9. The highest BCUT2D eigenvalue weighted by Crippen LogP contribution is 2.39. The average molecular weight is 314 g/mol. The van der Waals surface area contributed by atoms with E-state index in [0.29, 0.717) is 5.56 Å². The lowest BCUT2D eigenvalue weighted by molar-refractivity contribution is 0.104. The van der Waals surface area contributed by atoms with Crippen LogP contribution in [0.5, 0.6) is 0 Å². The highest BCUT2D eigenvalue weighted by Gasteiger charge is 2.12. The topological polar surface area (TPSA) is 17.1 Å². The molecule has 110 valence electrons. The molecule has 0 atom stereocenters. The molecule has 1 heterocycles. The summed E-state index contributed by atoms with van der Waals surface area (Å²) in [7, 11) is 0. The second-order valence-corrected chi connectivity index (χ2v) is 6.36. The molecule has 2 aliphatic rings. The van der Waals surface area contributed by atoms with Crippen LogP contribution in [-0.4, -0.2) is 5.78 Å². The zero-order valence-electron chi connectivity index (χ0n) is 12.4. The second-order valence-electron chi connectivity index (χ2n) is 5.41. The summed E-state index contributed by atoms with van der Waals surface area (Å²) < 4.78 is 1.29. The quantitative estimate of drug-likeness (QED) is 0.340. The van der Waals surface area contributed by atoms with Gasteiger partial charge in [0.05, 0.1) is 0 Å². The lowest BCUT2D eigenvalue weighted by Gasteiger charge is -2.00. The Bertz CT molecular complexity index is 979. The summed E-state index contributed by atoms with van der Waals surface area (Å²) in [6, 6.07) is 22.0. The zero-order valence-corrected chi connectivity index (χ0v) is 13.2. The summed E-state index contributed by atoms with van der Waals surface area (Å²) in [5.41, 5.74) is 4.21. The maximum Gasteiger partial charge on any atom is 0.185 e. The summed E-state index contributed by atoms with van der Waals surface area (Å²) in [5.74, 6) is 0.0263. The Morgan fingerprint density at radius 3 is 2.57 bits per heavy atom. The van der Waals surface area contributed by atoms with Gasteiger partial charge in [-0.25, -0.2) is 0 Å². The van der Waals surface area contributed by atoms with Crippen molar-refractivity contribution in [3.05, 3.63) is 89.3 Å². The van der Waals surface area contributed by atoms with Gasteiger partial charge in [0, 0.05) is 15.6 Å². The molecule has 0 amide bonds. The molecular weight excluding hydrogens is 300 g/mol. The minimum Gasteiger partial charge on any atom is -0.289 e. The van der Waals surface area contributed by atoms with Gasteiger partial charge in [0.2, 0.25) is 0 Å². The first-order valence-corrected chi connectivity index (χ1v) is 8.37. The van der Waals surface area contributed by atoms with E-state index in [0.717, 1.165) is 5.56 Å². The van der Waals surface area contributed by atoms with Crippen molar-refractivity contribution in [3.63, 3.8) is 0 Å². The molecule has 0 unspecified atom stereocenters. The van der Waals surface area contributed by atoms with Gasteiger partial charge in [-0.15, -0.1) is 11.3 Å². The Hall–Kier alpha value is -2.71. The molecule has 0 fully saturated rings. The van der Waals surface area contributed by atoms with Gasteiger partial charge in [0.25, 0.3) is 0 Å². The van der Waals surface area contributed by atoms with E-state index in [2.05, 4.69) is 29.6 Å². The van der Waals surface area contributed by atoms with Crippen LogP contribution in [0, 0.1) is 0 Å². The molecule has 2 aliphatic carbocycles. The fourth-order valence-electron chi connectivity index (χ4n) is 2.87. The number of benzene rings is 1. The molecule has 0 aliphatic heterocycles. The van der Waals surface area contributed by atoms with Gasteiger partial charge in [-0.05, 0) is 40.3 Å². The molecule has 1 aromatic heterocycles. The van der Waals surface area contributed by atoms with Crippen LogP contribution in [-0.2, 0) is 0 Å². The average Bonchev–Trinajstić information content (AvgIpc) is 3.10. The maximum absolute atomic E-state index is 12.3. The molecule has 4 rings (SSSR count). The van der Waals surface area contributed by atoms with Crippen molar-refractivity contribution >= 4 is 33.3 Å². The van der Waals surface area contributed by atoms with Gasteiger partial charge >= 0.3 is 0 Å². The number of thiophene rings is 1. The van der Waals surface area contributed by atoms with Crippen molar-refractivity contribution in [1.82, 2.24) is 0 Å². The number of ketones is 1. The third-order valence-corrected chi connectivity index (χ3v) is 4.83. The van der Waals surface area contributed by atoms with E-state index in [4.69, 9.17) is 0 Å². The molecule has 2 heteroatoms. The van der Waals surface area contributed by atoms with E-state index in [9.17, 15) is 4.79 Å². The number of allylic oxidation sites excluding steroid dienone is 1. The van der Waals surface area contributed by atoms with Crippen LogP contribution < -0.4 is 0 Å². The first-order chi connectivity index (χ1) is 11.3. The normalized spacial score (nSPS) is 11.5. The number of hydrogen-bond acceptors (Lipinski definition) is 2. The number of carbonyl (C=O) groups excluding carboxylic acids is 1. The van der Waals surface area contributed by atoms with Crippen LogP contribution in [0.3, 0.4) is 0 Å². The molecule has 0 N–H and O–H groups in total. The van der Waals surface area contributed by atoms with E-state index < -0.39 is 0 Å². The molecule has 0 bridgehead atoms. The van der Waals surface area contributed by atoms with Gasteiger partial charge < -0.3 is 0 Å². The van der Waals surface area contributed by atoms with Crippen molar-refractivity contribution < 1.29 is 4.79 Å². The lowest BCUT2D eigenvalue weighted by atomic mass is 10.0. The SMILES string of the molecule is O=C(/C=C/c1ccccc2cc3sccc3c1-2)c1ccccc1. The fraction of sp³-hybridized carbons (Fsp3) is 0. The molecule has 23 heavy (non-hydrogen) atoms. The molecule has 0 radical (unpaired) electrons. The highest BCUT2D eigenvalue weighted by molar-refractivity contribution is 7.17. The van der Waals surface area contributed by atoms with Crippen molar-refractivity contribution in [1.29, 1.82) is 0 Å². The standard InChI is InChI=1S/C21H14OS/c22-19(15-6-2-1-3-7-15)11-10-16-8-4-5-9-17-14-20-18(21(16)17)12-13-23-20/h1-14H/b11-10+. The Labute approximate surface area is 138 Å². The van der Waals surface area contributed by atoms with Gasteiger partial charge in [-0.2, -0.15) is 0 Å². The van der Waals surface area contributed by atoms with E-state index in [1.54, 1.807) is 17.4 Å². The minimum absolute atomic E-state index is 0.0263. The molecule has 0 saturated carbocycles. The third kappa shape index (κ3) is 2.58. The van der Waals surface area contributed by atoms with E-state index in [-0.39, 0.29) is 5.78 Å². The predicted molar refractivity (Wildman–Crippen MR) is 98.3 cm³/mol. The van der Waals surface area contributed by atoms with Crippen LogP contribution in [0.2, 0.25) is 0 Å². The summed E-state index contributed by atoms with van der Waals surface area (Å²) in [4.78, 5) is 12.3. The molecule has 0 saturated heterocycles. The maximum atomic E-state index is 12.3.